The number of aryl methyl sites for hydroxylation is 1. The van der Waals surface area contributed by atoms with Gasteiger partial charge in [0.1, 0.15) is 4.90 Å². The van der Waals surface area contributed by atoms with Crippen LogP contribution in [0, 0.1) is 6.92 Å². The van der Waals surface area contributed by atoms with E-state index in [9.17, 15) is 8.42 Å². The Morgan fingerprint density at radius 1 is 1.40 bits per heavy atom. The summed E-state index contributed by atoms with van der Waals surface area (Å²) in [6.45, 7) is 5.15. The van der Waals surface area contributed by atoms with E-state index < -0.39 is 10.0 Å². The average molecular weight is 311 g/mol. The molecule has 5 nitrogen and oxygen atoms in total. The molecule has 0 aliphatic rings. The van der Waals surface area contributed by atoms with Gasteiger partial charge in [-0.1, -0.05) is 6.92 Å². The van der Waals surface area contributed by atoms with E-state index >= 15 is 0 Å². The summed E-state index contributed by atoms with van der Waals surface area (Å²) >= 11 is 1.46. The van der Waals surface area contributed by atoms with Crippen molar-refractivity contribution in [3.8, 4) is 0 Å². The van der Waals surface area contributed by atoms with Gasteiger partial charge in [-0.3, -0.25) is 9.71 Å². The molecule has 2 heterocycles. The first-order chi connectivity index (χ1) is 9.54. The van der Waals surface area contributed by atoms with Crippen LogP contribution < -0.4 is 10.0 Å². The van der Waals surface area contributed by atoms with E-state index in [1.54, 1.807) is 18.3 Å². The lowest BCUT2D eigenvalue weighted by Gasteiger charge is -2.10. The van der Waals surface area contributed by atoms with Gasteiger partial charge in [0.2, 0.25) is 0 Å². The number of aromatic nitrogens is 1. The van der Waals surface area contributed by atoms with Gasteiger partial charge in [0.05, 0.1) is 11.9 Å². The SMILES string of the molecule is CCNCc1scc(C)c1S(=O)(=O)Nc1cccnc1. The fraction of sp³-hybridized carbons (Fsp3) is 0.308. The molecule has 2 N–H and O–H groups in total. The zero-order valence-electron chi connectivity index (χ0n) is 11.4. The monoisotopic (exact) mass is 311 g/mol. The first-order valence-corrected chi connectivity index (χ1v) is 8.61. The van der Waals surface area contributed by atoms with Crippen molar-refractivity contribution in [3.05, 3.63) is 40.3 Å². The van der Waals surface area contributed by atoms with Crippen molar-refractivity contribution in [2.75, 3.05) is 11.3 Å². The Labute approximate surface area is 123 Å². The predicted molar refractivity (Wildman–Crippen MR) is 81.5 cm³/mol. The molecule has 20 heavy (non-hydrogen) atoms. The largest absolute Gasteiger partial charge is 0.312 e. The maximum Gasteiger partial charge on any atom is 0.263 e. The molecule has 7 heteroatoms. The van der Waals surface area contributed by atoms with Crippen LogP contribution in [0.3, 0.4) is 0 Å². The molecule has 0 saturated heterocycles. The number of sulfonamides is 1. The molecule has 0 amide bonds. The highest BCUT2D eigenvalue weighted by molar-refractivity contribution is 7.93. The van der Waals surface area contributed by atoms with E-state index in [2.05, 4.69) is 15.0 Å². The standard InChI is InChI=1S/C13H17N3O2S2/c1-3-14-8-12-13(10(2)9-19-12)20(17,18)16-11-5-4-6-15-7-11/h4-7,9,14,16H,3,8H2,1-2H3. The highest BCUT2D eigenvalue weighted by Gasteiger charge is 2.22. The molecule has 0 atom stereocenters. The van der Waals surface area contributed by atoms with E-state index in [1.807, 2.05) is 19.2 Å². The Hall–Kier alpha value is -1.44. The maximum atomic E-state index is 12.5. The van der Waals surface area contributed by atoms with Crippen LogP contribution >= 0.6 is 11.3 Å². The van der Waals surface area contributed by atoms with Gasteiger partial charge in [-0.05, 0) is 36.5 Å². The summed E-state index contributed by atoms with van der Waals surface area (Å²) in [4.78, 5) is 5.10. The van der Waals surface area contributed by atoms with Crippen molar-refractivity contribution in [1.29, 1.82) is 0 Å². The zero-order chi connectivity index (χ0) is 14.6. The van der Waals surface area contributed by atoms with Gasteiger partial charge >= 0.3 is 0 Å². The van der Waals surface area contributed by atoms with Gasteiger partial charge in [0.25, 0.3) is 10.0 Å². The van der Waals surface area contributed by atoms with E-state index in [-0.39, 0.29) is 0 Å². The minimum Gasteiger partial charge on any atom is -0.312 e. The third-order valence-electron chi connectivity index (χ3n) is 2.71. The van der Waals surface area contributed by atoms with E-state index in [0.29, 0.717) is 17.1 Å². The number of anilines is 1. The lowest BCUT2D eigenvalue weighted by atomic mass is 10.3. The molecule has 108 valence electrons. The molecule has 0 bridgehead atoms. The molecule has 0 unspecified atom stereocenters. The van der Waals surface area contributed by atoms with Gasteiger partial charge in [-0.2, -0.15) is 0 Å². The fourth-order valence-electron chi connectivity index (χ4n) is 1.84. The molecule has 2 aromatic rings. The fourth-order valence-corrected chi connectivity index (χ4v) is 4.66. The van der Waals surface area contributed by atoms with Crippen LogP contribution in [0.5, 0.6) is 0 Å². The quantitative estimate of drug-likeness (QED) is 0.859. The molecular formula is C13H17N3O2S2. The van der Waals surface area contributed by atoms with Gasteiger partial charge in [0, 0.05) is 17.6 Å². The number of nitrogens with one attached hydrogen (secondary N) is 2. The number of thiophene rings is 1. The Bertz CT molecular complexity index is 666. The minimum absolute atomic E-state index is 0.368. The smallest absolute Gasteiger partial charge is 0.263 e. The van der Waals surface area contributed by atoms with Crippen LogP contribution in [-0.4, -0.2) is 19.9 Å². The summed E-state index contributed by atoms with van der Waals surface area (Å²) in [5.74, 6) is 0. The van der Waals surface area contributed by atoms with E-state index in [1.165, 1.54) is 17.5 Å². The van der Waals surface area contributed by atoms with Crippen molar-refractivity contribution in [3.63, 3.8) is 0 Å². The molecular weight excluding hydrogens is 294 g/mol. The lowest BCUT2D eigenvalue weighted by Crippen LogP contribution is -2.18. The Morgan fingerprint density at radius 2 is 2.20 bits per heavy atom. The van der Waals surface area contributed by atoms with Crippen LogP contribution in [0.15, 0.2) is 34.8 Å². The molecule has 0 aliphatic heterocycles. The van der Waals surface area contributed by atoms with Crippen molar-refractivity contribution in [2.24, 2.45) is 0 Å². The predicted octanol–water partition coefficient (Wildman–Crippen LogP) is 2.36. The highest BCUT2D eigenvalue weighted by atomic mass is 32.2. The summed E-state index contributed by atoms with van der Waals surface area (Å²) in [7, 11) is -3.58. The van der Waals surface area contributed by atoms with E-state index in [4.69, 9.17) is 0 Å². The normalized spacial score (nSPS) is 11.5. The summed E-state index contributed by atoms with van der Waals surface area (Å²) < 4.78 is 27.6. The summed E-state index contributed by atoms with van der Waals surface area (Å²) in [5.41, 5.74) is 1.23. The second-order valence-electron chi connectivity index (χ2n) is 4.30. The molecule has 0 aromatic carbocycles. The van der Waals surface area contributed by atoms with Crippen molar-refractivity contribution in [2.45, 2.75) is 25.3 Å². The molecule has 2 rings (SSSR count). The Morgan fingerprint density at radius 3 is 2.85 bits per heavy atom. The van der Waals surface area contributed by atoms with Gasteiger partial charge in [-0.15, -0.1) is 11.3 Å². The third kappa shape index (κ3) is 3.36. The van der Waals surface area contributed by atoms with Gasteiger partial charge in [0.15, 0.2) is 0 Å². The number of pyridine rings is 1. The molecule has 0 fully saturated rings. The number of hydrogen-bond acceptors (Lipinski definition) is 5. The minimum atomic E-state index is -3.58. The summed E-state index contributed by atoms with van der Waals surface area (Å²) in [5, 5.41) is 5.03. The number of nitrogens with zero attached hydrogens (tertiary/aromatic N) is 1. The third-order valence-corrected chi connectivity index (χ3v) is 5.55. The molecule has 0 aliphatic carbocycles. The van der Waals surface area contributed by atoms with Crippen LogP contribution in [0.1, 0.15) is 17.4 Å². The van der Waals surface area contributed by atoms with Crippen LogP contribution in [0.4, 0.5) is 5.69 Å². The molecule has 0 spiro atoms. The van der Waals surface area contributed by atoms with Crippen LogP contribution in [-0.2, 0) is 16.6 Å². The maximum absolute atomic E-state index is 12.5. The Balaban J connectivity index is 2.32. The molecule has 0 radical (unpaired) electrons. The molecule has 2 aromatic heterocycles. The van der Waals surface area contributed by atoms with Crippen molar-refractivity contribution >= 4 is 27.0 Å². The van der Waals surface area contributed by atoms with Gasteiger partial charge in [-0.25, -0.2) is 8.42 Å². The van der Waals surface area contributed by atoms with E-state index in [0.717, 1.165) is 17.0 Å². The zero-order valence-corrected chi connectivity index (χ0v) is 13.0. The van der Waals surface area contributed by atoms with Crippen LogP contribution in [0.25, 0.3) is 0 Å². The lowest BCUT2D eigenvalue weighted by molar-refractivity contribution is 0.599. The second kappa shape index (κ2) is 6.34. The number of rotatable bonds is 6. The van der Waals surface area contributed by atoms with Crippen molar-refractivity contribution < 1.29 is 8.42 Å². The molecule has 0 saturated carbocycles. The second-order valence-corrected chi connectivity index (χ2v) is 6.88. The topological polar surface area (TPSA) is 71.1 Å². The average Bonchev–Trinajstić information content (AvgIpc) is 2.79. The first-order valence-electron chi connectivity index (χ1n) is 6.25. The first kappa shape index (κ1) is 15.0. The van der Waals surface area contributed by atoms with Gasteiger partial charge < -0.3 is 5.32 Å². The van der Waals surface area contributed by atoms with Crippen molar-refractivity contribution in [1.82, 2.24) is 10.3 Å². The summed E-state index contributed by atoms with van der Waals surface area (Å²) in [6, 6.07) is 3.37. The summed E-state index contributed by atoms with van der Waals surface area (Å²) in [6.07, 6.45) is 3.09. The Kier molecular flexibility index (Phi) is 4.74. The number of hydrogen-bond donors (Lipinski definition) is 2. The van der Waals surface area contributed by atoms with Crippen LogP contribution in [0.2, 0.25) is 0 Å². The highest BCUT2D eigenvalue weighted by Crippen LogP contribution is 2.28.